The summed E-state index contributed by atoms with van der Waals surface area (Å²) in [5.41, 5.74) is 0.974. The summed E-state index contributed by atoms with van der Waals surface area (Å²) in [6.45, 7) is 0.581. The van der Waals surface area contributed by atoms with Crippen molar-refractivity contribution in [2.75, 3.05) is 19.0 Å². The lowest BCUT2D eigenvalue weighted by molar-refractivity contribution is 0.0601. The molecule has 2 rings (SSSR count). The topological polar surface area (TPSA) is 62.1 Å². The molecule has 4 nitrogen and oxygen atoms in total. The summed E-state index contributed by atoms with van der Waals surface area (Å²) < 4.78 is 4.73. The molecule has 1 aliphatic carbocycles. The molecule has 0 unspecified atom stereocenters. The zero-order valence-corrected chi connectivity index (χ0v) is 10.4. The Bertz CT molecular complexity index is 487. The molecule has 0 aromatic heterocycles. The van der Waals surface area contributed by atoms with E-state index in [4.69, 9.17) is 10.00 Å². The highest BCUT2D eigenvalue weighted by atomic mass is 16.5. The fourth-order valence-electron chi connectivity index (χ4n) is 2.12. The van der Waals surface area contributed by atoms with Crippen molar-refractivity contribution in [2.45, 2.75) is 19.3 Å². The number of hydrogen-bond donors (Lipinski definition) is 1. The molecule has 0 heterocycles. The van der Waals surface area contributed by atoms with Gasteiger partial charge < -0.3 is 10.1 Å². The third-order valence-corrected chi connectivity index (χ3v) is 3.50. The van der Waals surface area contributed by atoms with Gasteiger partial charge in [-0.25, -0.2) is 4.79 Å². The van der Waals surface area contributed by atoms with Crippen molar-refractivity contribution < 1.29 is 9.53 Å². The molecule has 0 bridgehead atoms. The van der Waals surface area contributed by atoms with Crippen LogP contribution in [-0.4, -0.2) is 19.6 Å². The number of nitriles is 1. The first-order valence-electron chi connectivity index (χ1n) is 6.03. The van der Waals surface area contributed by atoms with E-state index in [2.05, 4.69) is 11.4 Å². The first kappa shape index (κ1) is 12.4. The monoisotopic (exact) mass is 244 g/mol. The number of ether oxygens (including phenoxy) is 1. The molecule has 0 atom stereocenters. The Labute approximate surface area is 107 Å². The summed E-state index contributed by atoms with van der Waals surface area (Å²) in [6, 6.07) is 9.56. The van der Waals surface area contributed by atoms with Gasteiger partial charge in [-0.15, -0.1) is 0 Å². The summed E-state index contributed by atoms with van der Waals surface area (Å²) >= 11 is 0. The molecule has 1 aliphatic rings. The number of carbonyl (C=O) groups is 1. The van der Waals surface area contributed by atoms with Crippen molar-refractivity contribution in [1.82, 2.24) is 0 Å². The van der Waals surface area contributed by atoms with Crippen LogP contribution in [0.1, 0.15) is 29.6 Å². The molecule has 18 heavy (non-hydrogen) atoms. The minimum atomic E-state index is -0.363. The maximum atomic E-state index is 11.6. The second-order valence-electron chi connectivity index (χ2n) is 4.64. The first-order valence-corrected chi connectivity index (χ1v) is 6.03. The van der Waals surface area contributed by atoms with Gasteiger partial charge in [0.15, 0.2) is 0 Å². The zero-order chi connectivity index (χ0) is 13.0. The number of esters is 1. The molecule has 0 radical (unpaired) electrons. The Morgan fingerprint density at radius 1 is 1.50 bits per heavy atom. The Morgan fingerprint density at radius 2 is 2.22 bits per heavy atom. The number of carbonyl (C=O) groups excluding carboxylic acids is 1. The predicted octanol–water partition coefficient (Wildman–Crippen LogP) is 2.58. The average Bonchev–Trinajstić information content (AvgIpc) is 2.37. The molecule has 0 amide bonds. The minimum Gasteiger partial charge on any atom is -0.465 e. The number of nitrogens with one attached hydrogen (secondary N) is 1. The number of methoxy groups -OCH3 is 1. The van der Waals surface area contributed by atoms with Crippen molar-refractivity contribution in [3.8, 4) is 6.07 Å². The lowest BCUT2D eigenvalue weighted by atomic mass is 9.70. The third kappa shape index (κ3) is 2.30. The maximum absolute atomic E-state index is 11.6. The number of para-hydroxylation sites is 1. The number of benzene rings is 1. The number of rotatable bonds is 4. The molecule has 4 heteroatoms. The normalized spacial score (nSPS) is 16.2. The summed E-state index contributed by atoms with van der Waals surface area (Å²) in [5.74, 6) is -0.363. The van der Waals surface area contributed by atoms with E-state index < -0.39 is 0 Å². The summed E-state index contributed by atoms with van der Waals surface area (Å²) in [6.07, 6.45) is 2.96. The molecular weight excluding hydrogens is 228 g/mol. The second-order valence-corrected chi connectivity index (χ2v) is 4.64. The van der Waals surface area contributed by atoms with Crippen LogP contribution >= 0.6 is 0 Å². The molecule has 0 saturated heterocycles. The standard InChI is InChI=1S/C14H16N2O2/c1-18-13(17)11-5-2-3-6-12(11)16-10-14(9-15)7-4-8-14/h2-3,5-6,16H,4,7-8,10H2,1H3. The lowest BCUT2D eigenvalue weighted by Gasteiger charge is -2.35. The number of anilines is 1. The Kier molecular flexibility index (Phi) is 3.52. The van der Waals surface area contributed by atoms with E-state index in [-0.39, 0.29) is 11.4 Å². The van der Waals surface area contributed by atoms with E-state index in [9.17, 15) is 4.79 Å². The first-order chi connectivity index (χ1) is 8.71. The van der Waals surface area contributed by atoms with Crippen LogP contribution in [0.25, 0.3) is 0 Å². The van der Waals surface area contributed by atoms with E-state index >= 15 is 0 Å². The van der Waals surface area contributed by atoms with E-state index in [0.29, 0.717) is 12.1 Å². The van der Waals surface area contributed by atoms with Crippen LogP contribution in [0.4, 0.5) is 5.69 Å². The van der Waals surface area contributed by atoms with Gasteiger partial charge in [0.1, 0.15) is 0 Å². The molecule has 1 fully saturated rings. The van der Waals surface area contributed by atoms with Crippen LogP contribution < -0.4 is 5.32 Å². The summed E-state index contributed by atoms with van der Waals surface area (Å²) in [7, 11) is 1.36. The highest BCUT2D eigenvalue weighted by Gasteiger charge is 2.37. The number of hydrogen-bond acceptors (Lipinski definition) is 4. The van der Waals surface area contributed by atoms with Crippen molar-refractivity contribution in [3.05, 3.63) is 29.8 Å². The van der Waals surface area contributed by atoms with E-state index in [0.717, 1.165) is 24.9 Å². The van der Waals surface area contributed by atoms with Gasteiger partial charge in [0.05, 0.1) is 24.2 Å². The Balaban J connectivity index is 2.10. The fourth-order valence-corrected chi connectivity index (χ4v) is 2.12. The van der Waals surface area contributed by atoms with Crippen molar-refractivity contribution in [2.24, 2.45) is 5.41 Å². The Hall–Kier alpha value is -2.02. The van der Waals surface area contributed by atoms with Crippen LogP contribution in [0.3, 0.4) is 0 Å². The van der Waals surface area contributed by atoms with Crippen LogP contribution in [0.5, 0.6) is 0 Å². The van der Waals surface area contributed by atoms with Crippen LogP contribution in [0.15, 0.2) is 24.3 Å². The van der Waals surface area contributed by atoms with Crippen LogP contribution in [0.2, 0.25) is 0 Å². The largest absolute Gasteiger partial charge is 0.465 e. The third-order valence-electron chi connectivity index (χ3n) is 3.50. The minimum absolute atomic E-state index is 0.261. The molecule has 94 valence electrons. The molecular formula is C14H16N2O2. The van der Waals surface area contributed by atoms with Gasteiger partial charge in [-0.1, -0.05) is 18.6 Å². The van der Waals surface area contributed by atoms with Gasteiger partial charge >= 0.3 is 5.97 Å². The van der Waals surface area contributed by atoms with Gasteiger partial charge in [0, 0.05) is 12.2 Å². The molecule has 0 aliphatic heterocycles. The average molecular weight is 244 g/mol. The zero-order valence-electron chi connectivity index (χ0n) is 10.4. The molecule has 1 aromatic rings. The van der Waals surface area contributed by atoms with Crippen molar-refractivity contribution >= 4 is 11.7 Å². The van der Waals surface area contributed by atoms with Gasteiger partial charge in [-0.2, -0.15) is 5.26 Å². The summed E-state index contributed by atoms with van der Waals surface area (Å²) in [4.78, 5) is 11.6. The fraction of sp³-hybridized carbons (Fsp3) is 0.429. The molecule has 0 spiro atoms. The van der Waals surface area contributed by atoms with Crippen LogP contribution in [-0.2, 0) is 4.74 Å². The second kappa shape index (κ2) is 5.09. The van der Waals surface area contributed by atoms with Crippen LogP contribution in [0, 0.1) is 16.7 Å². The van der Waals surface area contributed by atoms with Gasteiger partial charge in [0.25, 0.3) is 0 Å². The highest BCUT2D eigenvalue weighted by molar-refractivity contribution is 5.95. The highest BCUT2D eigenvalue weighted by Crippen LogP contribution is 2.40. The number of nitrogens with zero attached hydrogens (tertiary/aromatic N) is 1. The smallest absolute Gasteiger partial charge is 0.339 e. The van der Waals surface area contributed by atoms with Gasteiger partial charge in [0.2, 0.25) is 0 Å². The Morgan fingerprint density at radius 3 is 2.78 bits per heavy atom. The van der Waals surface area contributed by atoms with Crippen molar-refractivity contribution in [1.29, 1.82) is 5.26 Å². The van der Waals surface area contributed by atoms with E-state index in [1.54, 1.807) is 12.1 Å². The molecule has 1 N–H and O–H groups in total. The lowest BCUT2D eigenvalue weighted by Crippen LogP contribution is -2.35. The predicted molar refractivity (Wildman–Crippen MR) is 68.2 cm³/mol. The van der Waals surface area contributed by atoms with Crippen molar-refractivity contribution in [3.63, 3.8) is 0 Å². The van der Waals surface area contributed by atoms with Gasteiger partial charge in [-0.05, 0) is 25.0 Å². The quantitative estimate of drug-likeness (QED) is 0.827. The van der Waals surface area contributed by atoms with Gasteiger partial charge in [-0.3, -0.25) is 0 Å². The maximum Gasteiger partial charge on any atom is 0.339 e. The summed E-state index contributed by atoms with van der Waals surface area (Å²) in [5, 5.41) is 12.4. The SMILES string of the molecule is COC(=O)c1ccccc1NCC1(C#N)CCC1. The van der Waals surface area contributed by atoms with E-state index in [1.165, 1.54) is 7.11 Å². The molecule has 1 saturated carbocycles. The van der Waals surface area contributed by atoms with E-state index in [1.807, 2.05) is 12.1 Å². The molecule has 1 aromatic carbocycles.